The topological polar surface area (TPSA) is 34.1 Å². The molecule has 1 aliphatic rings. The zero-order chi connectivity index (χ0) is 14.6. The van der Waals surface area contributed by atoms with Crippen molar-refractivity contribution in [3.8, 4) is 0 Å². The van der Waals surface area contributed by atoms with E-state index in [-0.39, 0.29) is 5.60 Å². The maximum atomic E-state index is 5.85. The van der Waals surface area contributed by atoms with Crippen molar-refractivity contribution in [2.24, 2.45) is 0 Å². The third-order valence-electron chi connectivity index (χ3n) is 4.63. The van der Waals surface area contributed by atoms with Crippen LogP contribution in [0.25, 0.3) is 0 Å². The number of likely N-dealkylation sites (N-methyl/N-ethyl adjacent to an activating group) is 1. The van der Waals surface area contributed by atoms with E-state index in [4.69, 9.17) is 9.72 Å². The number of aromatic nitrogens is 1. The van der Waals surface area contributed by atoms with Crippen molar-refractivity contribution >= 4 is 11.3 Å². The van der Waals surface area contributed by atoms with Crippen molar-refractivity contribution < 1.29 is 4.74 Å². The molecule has 1 heterocycles. The van der Waals surface area contributed by atoms with Crippen LogP contribution in [0.15, 0.2) is 0 Å². The molecule has 1 atom stereocenters. The summed E-state index contributed by atoms with van der Waals surface area (Å²) in [5.74, 6) is 0.590. The lowest BCUT2D eigenvalue weighted by molar-refractivity contribution is -0.0220. The summed E-state index contributed by atoms with van der Waals surface area (Å²) in [5, 5.41) is 4.68. The van der Waals surface area contributed by atoms with Crippen LogP contribution in [0.3, 0.4) is 0 Å². The smallest absolute Gasteiger partial charge is 0.125 e. The third kappa shape index (κ3) is 2.92. The normalized spacial score (nSPS) is 19.1. The van der Waals surface area contributed by atoms with Crippen LogP contribution in [0.5, 0.6) is 0 Å². The first-order valence-corrected chi connectivity index (χ1v) is 8.78. The van der Waals surface area contributed by atoms with Crippen molar-refractivity contribution in [3.63, 3.8) is 0 Å². The molecule has 20 heavy (non-hydrogen) atoms. The maximum absolute atomic E-state index is 5.85. The van der Waals surface area contributed by atoms with Crippen LogP contribution < -0.4 is 5.32 Å². The summed E-state index contributed by atoms with van der Waals surface area (Å²) in [5.41, 5.74) is 1.17. The zero-order valence-corrected chi connectivity index (χ0v) is 14.1. The minimum absolute atomic E-state index is 0.176. The molecule has 0 spiro atoms. The SMILES string of the molecule is CCNCC1CCCc2sc(C(CC)(CC)OC)nc21. The first kappa shape index (κ1) is 15.9. The molecule has 2 rings (SSSR count). The summed E-state index contributed by atoms with van der Waals surface area (Å²) in [6.07, 6.45) is 5.74. The van der Waals surface area contributed by atoms with Crippen molar-refractivity contribution in [3.05, 3.63) is 15.6 Å². The quantitative estimate of drug-likeness (QED) is 0.830. The van der Waals surface area contributed by atoms with Gasteiger partial charge in [0, 0.05) is 24.4 Å². The van der Waals surface area contributed by atoms with Gasteiger partial charge in [-0.2, -0.15) is 0 Å². The van der Waals surface area contributed by atoms with Gasteiger partial charge < -0.3 is 10.1 Å². The fourth-order valence-corrected chi connectivity index (χ4v) is 4.65. The predicted molar refractivity (Wildman–Crippen MR) is 85.6 cm³/mol. The average Bonchev–Trinajstić information content (AvgIpc) is 2.92. The van der Waals surface area contributed by atoms with Gasteiger partial charge in [0.25, 0.3) is 0 Å². The van der Waals surface area contributed by atoms with Gasteiger partial charge in [-0.25, -0.2) is 4.98 Å². The first-order valence-electron chi connectivity index (χ1n) is 7.96. The molecule has 0 amide bonds. The number of ether oxygens (including phenoxy) is 1. The van der Waals surface area contributed by atoms with E-state index in [0.29, 0.717) is 5.92 Å². The Bertz CT molecular complexity index is 418. The Hall–Kier alpha value is -0.450. The molecule has 4 heteroatoms. The van der Waals surface area contributed by atoms with Gasteiger partial charge in [-0.05, 0) is 38.6 Å². The highest BCUT2D eigenvalue weighted by Gasteiger charge is 2.34. The van der Waals surface area contributed by atoms with E-state index < -0.39 is 0 Å². The standard InChI is InChI=1S/C16H28N2OS/c1-5-16(6-2,19-4)15-18-14-12(11-17-7-3)9-8-10-13(14)20-15/h12,17H,5-11H2,1-4H3. The number of methoxy groups -OCH3 is 1. The van der Waals surface area contributed by atoms with Gasteiger partial charge >= 0.3 is 0 Å². The number of rotatable bonds is 7. The Morgan fingerprint density at radius 3 is 2.70 bits per heavy atom. The lowest BCUT2D eigenvalue weighted by Crippen LogP contribution is -2.27. The summed E-state index contributed by atoms with van der Waals surface area (Å²) in [6, 6.07) is 0. The number of nitrogens with zero attached hydrogens (tertiary/aromatic N) is 1. The molecule has 1 aromatic heterocycles. The Balaban J connectivity index is 2.29. The molecule has 0 fully saturated rings. The van der Waals surface area contributed by atoms with Crippen molar-refractivity contribution in [2.75, 3.05) is 20.2 Å². The highest BCUT2D eigenvalue weighted by Crippen LogP contribution is 2.41. The van der Waals surface area contributed by atoms with Crippen LogP contribution in [-0.2, 0) is 16.8 Å². The van der Waals surface area contributed by atoms with E-state index in [0.717, 1.165) is 25.9 Å². The predicted octanol–water partition coefficient (Wildman–Crippen LogP) is 3.83. The second-order valence-corrected chi connectivity index (χ2v) is 6.71. The highest BCUT2D eigenvalue weighted by molar-refractivity contribution is 7.11. The Morgan fingerprint density at radius 2 is 2.10 bits per heavy atom. The fourth-order valence-electron chi connectivity index (χ4n) is 3.15. The van der Waals surface area contributed by atoms with Crippen LogP contribution in [0, 0.1) is 0 Å². The van der Waals surface area contributed by atoms with Crippen LogP contribution in [-0.4, -0.2) is 25.2 Å². The lowest BCUT2D eigenvalue weighted by Gasteiger charge is -2.27. The van der Waals surface area contributed by atoms with Crippen molar-refractivity contribution in [2.45, 2.75) is 64.4 Å². The summed E-state index contributed by atoms with van der Waals surface area (Å²) in [6.45, 7) is 8.66. The zero-order valence-electron chi connectivity index (χ0n) is 13.3. The average molecular weight is 296 g/mol. The van der Waals surface area contributed by atoms with Crippen LogP contribution in [0.2, 0.25) is 0 Å². The minimum atomic E-state index is -0.176. The van der Waals surface area contributed by atoms with E-state index in [2.05, 4.69) is 26.1 Å². The van der Waals surface area contributed by atoms with E-state index >= 15 is 0 Å². The number of thiazole rings is 1. The monoisotopic (exact) mass is 296 g/mol. The minimum Gasteiger partial charge on any atom is -0.371 e. The number of aryl methyl sites for hydroxylation is 1. The van der Waals surface area contributed by atoms with Gasteiger partial charge in [-0.15, -0.1) is 11.3 Å². The Morgan fingerprint density at radius 1 is 1.35 bits per heavy atom. The molecule has 0 bridgehead atoms. The number of hydrogen-bond donors (Lipinski definition) is 1. The van der Waals surface area contributed by atoms with Gasteiger partial charge in [0.1, 0.15) is 10.6 Å². The van der Waals surface area contributed by atoms with Crippen molar-refractivity contribution in [1.29, 1.82) is 0 Å². The molecule has 1 aromatic rings. The molecular weight excluding hydrogens is 268 g/mol. The summed E-state index contributed by atoms with van der Waals surface area (Å²) < 4.78 is 5.85. The van der Waals surface area contributed by atoms with Gasteiger partial charge in [-0.3, -0.25) is 0 Å². The Labute approximate surface area is 127 Å². The van der Waals surface area contributed by atoms with E-state index in [1.807, 2.05) is 18.4 Å². The summed E-state index contributed by atoms with van der Waals surface area (Å²) in [4.78, 5) is 6.52. The number of fused-ring (bicyclic) bond motifs is 1. The second-order valence-electron chi connectivity index (χ2n) is 5.63. The maximum Gasteiger partial charge on any atom is 0.125 e. The van der Waals surface area contributed by atoms with Crippen molar-refractivity contribution in [1.82, 2.24) is 10.3 Å². The van der Waals surface area contributed by atoms with E-state index in [9.17, 15) is 0 Å². The van der Waals surface area contributed by atoms with Gasteiger partial charge in [0.15, 0.2) is 0 Å². The molecule has 0 aliphatic heterocycles. The van der Waals surface area contributed by atoms with E-state index in [1.165, 1.54) is 34.8 Å². The number of hydrogen-bond acceptors (Lipinski definition) is 4. The first-order chi connectivity index (χ1) is 9.70. The fraction of sp³-hybridized carbons (Fsp3) is 0.812. The third-order valence-corrected chi connectivity index (χ3v) is 5.95. The molecular formula is C16H28N2OS. The second kappa shape index (κ2) is 7.01. The van der Waals surface area contributed by atoms with E-state index in [1.54, 1.807) is 0 Å². The summed E-state index contributed by atoms with van der Waals surface area (Å²) >= 11 is 1.89. The lowest BCUT2D eigenvalue weighted by atomic mass is 9.90. The highest BCUT2D eigenvalue weighted by atomic mass is 32.1. The molecule has 1 unspecified atom stereocenters. The molecule has 0 aromatic carbocycles. The van der Waals surface area contributed by atoms with Gasteiger partial charge in [-0.1, -0.05) is 20.8 Å². The van der Waals surface area contributed by atoms with Crippen LogP contribution in [0.1, 0.15) is 68.0 Å². The number of nitrogens with one attached hydrogen (secondary N) is 1. The summed E-state index contributed by atoms with van der Waals surface area (Å²) in [7, 11) is 1.82. The molecule has 114 valence electrons. The molecule has 0 saturated heterocycles. The van der Waals surface area contributed by atoms with Crippen LogP contribution in [0.4, 0.5) is 0 Å². The van der Waals surface area contributed by atoms with Crippen LogP contribution >= 0.6 is 11.3 Å². The largest absolute Gasteiger partial charge is 0.371 e. The molecule has 0 radical (unpaired) electrons. The molecule has 1 N–H and O–H groups in total. The molecule has 1 aliphatic carbocycles. The molecule has 0 saturated carbocycles. The molecule has 3 nitrogen and oxygen atoms in total. The van der Waals surface area contributed by atoms with Gasteiger partial charge in [0.2, 0.25) is 0 Å². The van der Waals surface area contributed by atoms with Gasteiger partial charge in [0.05, 0.1) is 5.69 Å². The Kier molecular flexibility index (Phi) is 5.58.